The zero-order valence-corrected chi connectivity index (χ0v) is 21.2. The summed E-state index contributed by atoms with van der Waals surface area (Å²) >= 11 is 0. The third kappa shape index (κ3) is 4.57. The molecule has 0 radical (unpaired) electrons. The topological polar surface area (TPSA) is 126 Å². The quantitative estimate of drug-likeness (QED) is 0.289. The van der Waals surface area contributed by atoms with Crippen LogP contribution < -0.4 is 14.2 Å². The van der Waals surface area contributed by atoms with Crippen molar-refractivity contribution in [2.75, 3.05) is 13.9 Å². The molecule has 0 aromatic heterocycles. The fourth-order valence-electron chi connectivity index (χ4n) is 4.40. The molecule has 35 heavy (non-hydrogen) atoms. The van der Waals surface area contributed by atoms with E-state index in [0.29, 0.717) is 5.75 Å². The van der Waals surface area contributed by atoms with Crippen LogP contribution in [0.1, 0.15) is 74.5 Å². The van der Waals surface area contributed by atoms with Crippen LogP contribution in [0.15, 0.2) is 17.7 Å². The number of Topliss-reactive ketones (excluding diaryl/α,β-unsaturated/α-hetero) is 1. The Morgan fingerprint density at radius 3 is 2.20 bits per heavy atom. The van der Waals surface area contributed by atoms with E-state index in [1.165, 1.54) is 7.11 Å². The first-order valence-corrected chi connectivity index (χ1v) is 11.6. The number of ether oxygens (including phenoxy) is 3. The summed E-state index contributed by atoms with van der Waals surface area (Å²) in [7, 11) is 1.43. The number of fused-ring (bicyclic) bond motifs is 1. The highest BCUT2D eigenvalue weighted by molar-refractivity contribution is 6.03. The van der Waals surface area contributed by atoms with Gasteiger partial charge in [-0.15, -0.1) is 0 Å². The number of carbonyl (C=O) groups excluding carboxylic acids is 1. The number of phenolic OH excluding ortho intramolecular Hbond substituents is 4. The number of rotatable bonds is 8. The Labute approximate surface area is 205 Å². The Kier molecular flexibility index (Phi) is 7.43. The van der Waals surface area contributed by atoms with Crippen molar-refractivity contribution < 1.29 is 39.4 Å². The third-order valence-corrected chi connectivity index (χ3v) is 6.19. The molecule has 0 aliphatic carbocycles. The van der Waals surface area contributed by atoms with Crippen molar-refractivity contribution in [2.45, 2.75) is 53.9 Å². The predicted octanol–water partition coefficient (Wildman–Crippen LogP) is 5.38. The van der Waals surface area contributed by atoms with Crippen LogP contribution in [0.5, 0.6) is 40.2 Å². The second-order valence-corrected chi connectivity index (χ2v) is 9.61. The van der Waals surface area contributed by atoms with Crippen molar-refractivity contribution in [3.63, 3.8) is 0 Å². The molecule has 0 fully saturated rings. The highest BCUT2D eigenvalue weighted by Gasteiger charge is 2.38. The summed E-state index contributed by atoms with van der Waals surface area (Å²) in [6.45, 7) is 10.7. The molecule has 3 rings (SSSR count). The molecule has 0 bridgehead atoms. The molecule has 1 atom stereocenters. The number of aromatic hydroxyl groups is 4. The van der Waals surface area contributed by atoms with Crippen LogP contribution in [0.2, 0.25) is 0 Å². The van der Waals surface area contributed by atoms with Gasteiger partial charge in [-0.2, -0.15) is 0 Å². The summed E-state index contributed by atoms with van der Waals surface area (Å²) in [6, 6.07) is 1.57. The van der Waals surface area contributed by atoms with Gasteiger partial charge in [0.2, 0.25) is 12.5 Å². The van der Waals surface area contributed by atoms with Crippen LogP contribution in [-0.2, 0) is 6.42 Å². The predicted molar refractivity (Wildman–Crippen MR) is 131 cm³/mol. The van der Waals surface area contributed by atoms with Gasteiger partial charge in [-0.1, -0.05) is 39.3 Å². The van der Waals surface area contributed by atoms with Gasteiger partial charge in [-0.05, 0) is 26.2 Å². The Balaban J connectivity index is 2.43. The molecule has 2 aromatic rings. The monoisotopic (exact) mass is 486 g/mol. The van der Waals surface area contributed by atoms with Crippen molar-refractivity contribution in [3.05, 3.63) is 40.0 Å². The number of hydrogen-bond donors (Lipinski definition) is 4. The van der Waals surface area contributed by atoms with Gasteiger partial charge in [-0.3, -0.25) is 4.79 Å². The Bertz CT molecular complexity index is 1170. The van der Waals surface area contributed by atoms with Gasteiger partial charge >= 0.3 is 0 Å². The lowest BCUT2D eigenvalue weighted by atomic mass is 9.77. The number of carbonyl (C=O) groups is 1. The summed E-state index contributed by atoms with van der Waals surface area (Å²) < 4.78 is 16.4. The first-order valence-electron chi connectivity index (χ1n) is 11.6. The fraction of sp³-hybridized carbons (Fsp3) is 0.444. The van der Waals surface area contributed by atoms with Crippen LogP contribution in [0.3, 0.4) is 0 Å². The van der Waals surface area contributed by atoms with Gasteiger partial charge in [0, 0.05) is 34.6 Å². The molecular weight excluding hydrogens is 452 g/mol. The second-order valence-electron chi connectivity index (χ2n) is 9.61. The van der Waals surface area contributed by atoms with Gasteiger partial charge in [0.05, 0.1) is 7.11 Å². The minimum atomic E-state index is -0.829. The Morgan fingerprint density at radius 2 is 1.66 bits per heavy atom. The molecule has 1 aliphatic heterocycles. The fourth-order valence-corrected chi connectivity index (χ4v) is 4.40. The van der Waals surface area contributed by atoms with Crippen LogP contribution >= 0.6 is 0 Å². The van der Waals surface area contributed by atoms with Gasteiger partial charge < -0.3 is 34.6 Å². The number of allylic oxidation sites excluding steroid dienone is 2. The first-order chi connectivity index (χ1) is 16.4. The molecule has 1 heterocycles. The minimum absolute atomic E-state index is 0.0198. The van der Waals surface area contributed by atoms with Crippen LogP contribution in [0, 0.1) is 11.8 Å². The zero-order valence-electron chi connectivity index (χ0n) is 21.2. The number of phenols is 4. The molecule has 0 amide bonds. The molecule has 4 N–H and O–H groups in total. The molecule has 0 spiro atoms. The molecular formula is C27H34O8. The molecule has 8 heteroatoms. The maximum atomic E-state index is 13.1. The van der Waals surface area contributed by atoms with E-state index in [0.717, 1.165) is 5.57 Å². The van der Waals surface area contributed by atoms with Crippen molar-refractivity contribution in [1.29, 1.82) is 0 Å². The lowest BCUT2D eigenvalue weighted by molar-refractivity contribution is 0.0933. The highest BCUT2D eigenvalue weighted by atomic mass is 16.7. The number of hydrogen-bond acceptors (Lipinski definition) is 8. The summed E-state index contributed by atoms with van der Waals surface area (Å²) in [4.78, 5) is 13.1. The van der Waals surface area contributed by atoms with Crippen LogP contribution in [-0.4, -0.2) is 40.1 Å². The van der Waals surface area contributed by atoms with E-state index < -0.39 is 29.1 Å². The molecule has 1 aliphatic rings. The molecule has 2 aromatic carbocycles. The lowest BCUT2D eigenvalue weighted by Crippen LogP contribution is -2.15. The average molecular weight is 487 g/mol. The van der Waals surface area contributed by atoms with E-state index >= 15 is 0 Å². The first kappa shape index (κ1) is 26.1. The summed E-state index contributed by atoms with van der Waals surface area (Å²) in [6.07, 6.45) is 1.95. The Morgan fingerprint density at radius 1 is 1.00 bits per heavy atom. The van der Waals surface area contributed by atoms with E-state index in [2.05, 4.69) is 0 Å². The van der Waals surface area contributed by atoms with Gasteiger partial charge in [0.1, 0.15) is 28.6 Å². The number of methoxy groups -OCH3 is 1. The van der Waals surface area contributed by atoms with Crippen molar-refractivity contribution in [1.82, 2.24) is 0 Å². The standard InChI is InChI=1S/C27H34O8/c1-12(2)8-9-15-23(29)20(25(31)21(24(15)30)22(28)14(5)6)18(13(3)4)19-16(33-7)10-17-27(26(19)32)35-11-34-17/h8,10,13-14,18,29-32H,9,11H2,1-7H3/t18-/m0/s1. The molecule has 8 nitrogen and oxygen atoms in total. The van der Waals surface area contributed by atoms with Crippen molar-refractivity contribution in [2.24, 2.45) is 11.8 Å². The van der Waals surface area contributed by atoms with Crippen LogP contribution in [0.25, 0.3) is 0 Å². The molecule has 0 saturated carbocycles. The van der Waals surface area contributed by atoms with E-state index in [9.17, 15) is 25.2 Å². The molecule has 0 unspecified atom stereocenters. The highest BCUT2D eigenvalue weighted by Crippen LogP contribution is 2.56. The van der Waals surface area contributed by atoms with E-state index in [1.54, 1.807) is 19.9 Å². The van der Waals surface area contributed by atoms with E-state index in [1.807, 2.05) is 33.8 Å². The second kappa shape index (κ2) is 9.98. The maximum absolute atomic E-state index is 13.1. The number of ketones is 1. The summed E-state index contributed by atoms with van der Waals surface area (Å²) in [5.41, 5.74) is 1.10. The number of benzene rings is 2. The summed E-state index contributed by atoms with van der Waals surface area (Å²) in [5, 5.41) is 44.9. The SMILES string of the molecule is COc1cc2c(c(O)c1[C@@H](c1c(O)c(CC=C(C)C)c(O)c(C(=O)C(C)C)c1O)C(C)C)OCO2. The van der Waals surface area contributed by atoms with E-state index in [-0.39, 0.29) is 64.4 Å². The average Bonchev–Trinajstić information content (AvgIpc) is 3.25. The van der Waals surface area contributed by atoms with Crippen molar-refractivity contribution >= 4 is 5.78 Å². The van der Waals surface area contributed by atoms with Gasteiger partial charge in [0.25, 0.3) is 0 Å². The van der Waals surface area contributed by atoms with E-state index in [4.69, 9.17) is 14.2 Å². The smallest absolute Gasteiger partial charge is 0.231 e. The summed E-state index contributed by atoms with van der Waals surface area (Å²) in [5.74, 6) is -2.99. The third-order valence-electron chi connectivity index (χ3n) is 6.19. The molecule has 0 saturated heterocycles. The van der Waals surface area contributed by atoms with Crippen molar-refractivity contribution in [3.8, 4) is 40.2 Å². The zero-order chi connectivity index (χ0) is 26.2. The maximum Gasteiger partial charge on any atom is 0.231 e. The normalized spacial score (nSPS) is 13.3. The van der Waals surface area contributed by atoms with Gasteiger partial charge in [-0.25, -0.2) is 0 Å². The Hall–Kier alpha value is -3.55. The molecule has 190 valence electrons. The largest absolute Gasteiger partial charge is 0.507 e. The van der Waals surface area contributed by atoms with Crippen LogP contribution in [0.4, 0.5) is 0 Å². The van der Waals surface area contributed by atoms with Gasteiger partial charge in [0.15, 0.2) is 17.3 Å². The minimum Gasteiger partial charge on any atom is -0.507 e. The lowest BCUT2D eigenvalue weighted by Gasteiger charge is -2.29.